The molecule has 1 aromatic heterocycles. The number of para-hydroxylation sites is 1. The molecule has 90 valence electrons. The van der Waals surface area contributed by atoms with Crippen molar-refractivity contribution in [3.05, 3.63) is 30.5 Å². The zero-order valence-corrected chi connectivity index (χ0v) is 10.6. The van der Waals surface area contributed by atoms with Gasteiger partial charge < -0.3 is 0 Å². The van der Waals surface area contributed by atoms with Gasteiger partial charge in [0.2, 0.25) is 5.91 Å². The summed E-state index contributed by atoms with van der Waals surface area (Å²) in [7, 11) is 0. The number of aromatic nitrogens is 2. The largest absolute Gasteiger partial charge is 0.272 e. The van der Waals surface area contributed by atoms with Gasteiger partial charge in [0.25, 0.3) is 0 Å². The molecule has 0 aliphatic rings. The lowest BCUT2D eigenvalue weighted by Crippen LogP contribution is -2.21. The fourth-order valence-corrected chi connectivity index (χ4v) is 2.16. The molecule has 0 amide bonds. The van der Waals surface area contributed by atoms with E-state index in [4.69, 9.17) is 0 Å². The summed E-state index contributed by atoms with van der Waals surface area (Å²) in [5, 5.41) is 5.20. The topological polar surface area (TPSA) is 34.9 Å². The molecule has 2 aromatic rings. The van der Waals surface area contributed by atoms with Gasteiger partial charge in [0.1, 0.15) is 0 Å². The molecule has 0 saturated heterocycles. The van der Waals surface area contributed by atoms with Crippen LogP contribution < -0.4 is 0 Å². The maximum Gasteiger partial charge on any atom is 0.250 e. The van der Waals surface area contributed by atoms with Gasteiger partial charge >= 0.3 is 0 Å². The summed E-state index contributed by atoms with van der Waals surface area (Å²) >= 11 is 0. The molecule has 0 radical (unpaired) electrons. The minimum atomic E-state index is 0.0123. The Bertz CT molecular complexity index is 528. The number of benzene rings is 1. The van der Waals surface area contributed by atoms with Crippen molar-refractivity contribution >= 4 is 16.8 Å². The SMILES string of the molecule is CC(C)C[C@@H](C)C(=O)n1ncc2ccccc21. The standard InChI is InChI=1S/C14H18N2O/c1-10(2)8-11(3)14(17)16-13-7-5-4-6-12(13)9-15-16/h4-7,9-11H,8H2,1-3H3/t11-/m1/s1. The number of fused-ring (bicyclic) bond motifs is 1. The van der Waals surface area contributed by atoms with Crippen LogP contribution in [0.15, 0.2) is 30.5 Å². The molecular weight excluding hydrogens is 212 g/mol. The van der Waals surface area contributed by atoms with E-state index in [9.17, 15) is 4.79 Å². The monoisotopic (exact) mass is 230 g/mol. The minimum absolute atomic E-state index is 0.0123. The quantitative estimate of drug-likeness (QED) is 0.810. The van der Waals surface area contributed by atoms with Crippen molar-refractivity contribution in [2.45, 2.75) is 27.2 Å². The second-order valence-corrected chi connectivity index (χ2v) is 4.98. The van der Waals surface area contributed by atoms with Crippen molar-refractivity contribution < 1.29 is 4.79 Å². The molecule has 1 aromatic carbocycles. The molecule has 17 heavy (non-hydrogen) atoms. The van der Waals surface area contributed by atoms with E-state index in [1.54, 1.807) is 6.20 Å². The van der Waals surface area contributed by atoms with E-state index >= 15 is 0 Å². The highest BCUT2D eigenvalue weighted by atomic mass is 16.2. The van der Waals surface area contributed by atoms with Crippen LogP contribution in [0, 0.1) is 11.8 Å². The third kappa shape index (κ3) is 2.38. The average Bonchev–Trinajstić information content (AvgIpc) is 2.70. The number of rotatable bonds is 3. The van der Waals surface area contributed by atoms with Crippen LogP contribution in [0.25, 0.3) is 10.9 Å². The zero-order valence-electron chi connectivity index (χ0n) is 10.6. The van der Waals surface area contributed by atoms with Crippen molar-refractivity contribution in [2.75, 3.05) is 0 Å². The van der Waals surface area contributed by atoms with Crippen LogP contribution in [0.1, 0.15) is 32.0 Å². The summed E-state index contributed by atoms with van der Waals surface area (Å²) in [6, 6.07) is 7.79. The number of hydrogen-bond donors (Lipinski definition) is 0. The van der Waals surface area contributed by atoms with E-state index in [0.717, 1.165) is 17.3 Å². The molecule has 0 unspecified atom stereocenters. The Hall–Kier alpha value is -1.64. The summed E-state index contributed by atoms with van der Waals surface area (Å²) in [6.45, 7) is 6.23. The maximum atomic E-state index is 12.3. The molecule has 0 spiro atoms. The van der Waals surface area contributed by atoms with Crippen molar-refractivity contribution in [1.82, 2.24) is 9.78 Å². The third-order valence-corrected chi connectivity index (χ3v) is 2.93. The maximum absolute atomic E-state index is 12.3. The molecule has 1 atom stereocenters. The van der Waals surface area contributed by atoms with E-state index in [2.05, 4.69) is 18.9 Å². The number of hydrogen-bond acceptors (Lipinski definition) is 2. The molecule has 2 rings (SSSR count). The second kappa shape index (κ2) is 4.70. The van der Waals surface area contributed by atoms with Crippen LogP contribution in [0.4, 0.5) is 0 Å². The van der Waals surface area contributed by atoms with Crippen LogP contribution in [0.3, 0.4) is 0 Å². The Morgan fingerprint density at radius 1 is 1.29 bits per heavy atom. The molecule has 3 nitrogen and oxygen atoms in total. The van der Waals surface area contributed by atoms with E-state index in [-0.39, 0.29) is 11.8 Å². The second-order valence-electron chi connectivity index (χ2n) is 4.98. The van der Waals surface area contributed by atoms with Gasteiger partial charge in [-0.05, 0) is 18.4 Å². The summed E-state index contributed by atoms with van der Waals surface area (Å²) in [4.78, 5) is 12.3. The van der Waals surface area contributed by atoms with Crippen LogP contribution in [0.5, 0.6) is 0 Å². The molecule has 0 bridgehead atoms. The third-order valence-electron chi connectivity index (χ3n) is 2.93. The summed E-state index contributed by atoms with van der Waals surface area (Å²) in [5.74, 6) is 0.619. The molecular formula is C14H18N2O. The van der Waals surface area contributed by atoms with Crippen molar-refractivity contribution in [3.8, 4) is 0 Å². The molecule has 0 N–H and O–H groups in total. The smallest absolute Gasteiger partial charge is 0.250 e. The highest BCUT2D eigenvalue weighted by molar-refractivity contribution is 5.91. The summed E-state index contributed by atoms with van der Waals surface area (Å²) < 4.78 is 1.53. The van der Waals surface area contributed by atoms with Crippen LogP contribution in [0.2, 0.25) is 0 Å². The predicted octanol–water partition coefficient (Wildman–Crippen LogP) is 3.36. The van der Waals surface area contributed by atoms with E-state index in [0.29, 0.717) is 5.92 Å². The first-order valence-corrected chi connectivity index (χ1v) is 6.06. The number of carbonyl (C=O) groups excluding carboxylic acids is 1. The number of nitrogens with zero attached hydrogens (tertiary/aromatic N) is 2. The molecule has 0 aliphatic carbocycles. The first-order valence-electron chi connectivity index (χ1n) is 6.06. The summed E-state index contributed by atoms with van der Waals surface area (Å²) in [6.07, 6.45) is 2.64. The lowest BCUT2D eigenvalue weighted by atomic mass is 9.98. The predicted molar refractivity (Wildman–Crippen MR) is 69.0 cm³/mol. The van der Waals surface area contributed by atoms with Crippen molar-refractivity contribution in [1.29, 1.82) is 0 Å². The Morgan fingerprint density at radius 2 is 2.00 bits per heavy atom. The zero-order chi connectivity index (χ0) is 12.4. The van der Waals surface area contributed by atoms with Gasteiger partial charge in [0.15, 0.2) is 0 Å². The van der Waals surface area contributed by atoms with E-state index in [1.165, 1.54) is 4.68 Å². The van der Waals surface area contributed by atoms with Crippen LogP contribution >= 0.6 is 0 Å². The van der Waals surface area contributed by atoms with E-state index in [1.807, 2.05) is 31.2 Å². The van der Waals surface area contributed by atoms with Gasteiger partial charge in [-0.25, -0.2) is 0 Å². The van der Waals surface area contributed by atoms with Crippen LogP contribution in [-0.2, 0) is 0 Å². The van der Waals surface area contributed by atoms with E-state index < -0.39 is 0 Å². The normalized spacial score (nSPS) is 13.2. The Kier molecular flexibility index (Phi) is 3.27. The molecule has 3 heteroatoms. The lowest BCUT2D eigenvalue weighted by Gasteiger charge is -2.12. The van der Waals surface area contributed by atoms with Gasteiger partial charge in [0.05, 0.1) is 11.7 Å². The van der Waals surface area contributed by atoms with Gasteiger partial charge in [0, 0.05) is 11.3 Å². The average molecular weight is 230 g/mol. The van der Waals surface area contributed by atoms with Crippen molar-refractivity contribution in [3.63, 3.8) is 0 Å². The highest BCUT2D eigenvalue weighted by Gasteiger charge is 2.18. The van der Waals surface area contributed by atoms with Gasteiger partial charge in [-0.1, -0.05) is 39.0 Å². The number of carbonyl (C=O) groups is 1. The van der Waals surface area contributed by atoms with Crippen LogP contribution in [-0.4, -0.2) is 15.7 Å². The molecule has 0 fully saturated rings. The molecule has 0 aliphatic heterocycles. The van der Waals surface area contributed by atoms with Gasteiger partial charge in [-0.15, -0.1) is 0 Å². The summed E-state index contributed by atoms with van der Waals surface area (Å²) in [5.41, 5.74) is 0.896. The first kappa shape index (κ1) is 11.8. The van der Waals surface area contributed by atoms with Gasteiger partial charge in [-0.3, -0.25) is 4.79 Å². The minimum Gasteiger partial charge on any atom is -0.272 e. The first-order chi connectivity index (χ1) is 8.09. The fraction of sp³-hybridized carbons (Fsp3) is 0.429. The molecule has 0 saturated carbocycles. The fourth-order valence-electron chi connectivity index (χ4n) is 2.16. The Labute approximate surface area is 101 Å². The Balaban J connectivity index is 2.30. The van der Waals surface area contributed by atoms with Crippen molar-refractivity contribution in [2.24, 2.45) is 11.8 Å². The highest BCUT2D eigenvalue weighted by Crippen LogP contribution is 2.17. The van der Waals surface area contributed by atoms with Gasteiger partial charge in [-0.2, -0.15) is 9.78 Å². The molecule has 1 heterocycles. The lowest BCUT2D eigenvalue weighted by molar-refractivity contribution is 0.0818. The Morgan fingerprint density at radius 3 is 2.71 bits per heavy atom.